The normalized spacial score (nSPS) is 10.8. The van der Waals surface area contributed by atoms with Gasteiger partial charge >= 0.3 is 0 Å². The van der Waals surface area contributed by atoms with Crippen LogP contribution in [-0.4, -0.2) is 30.1 Å². The Hall–Kier alpha value is -1.03. The van der Waals surface area contributed by atoms with Crippen LogP contribution in [0.5, 0.6) is 0 Å². The molecule has 102 valence electrons. The van der Waals surface area contributed by atoms with Gasteiger partial charge in [-0.05, 0) is 18.8 Å². The first-order valence-electron chi connectivity index (χ1n) is 6.52. The maximum Gasteiger partial charge on any atom is 0.224 e. The third-order valence-corrected chi connectivity index (χ3v) is 2.93. The fourth-order valence-corrected chi connectivity index (χ4v) is 1.74. The maximum absolute atomic E-state index is 6.15. The van der Waals surface area contributed by atoms with Gasteiger partial charge in [-0.15, -0.1) is 0 Å². The quantitative estimate of drug-likeness (QED) is 0.824. The zero-order chi connectivity index (χ0) is 13.5. The molecule has 1 heterocycles. The molecule has 0 aliphatic heterocycles. The van der Waals surface area contributed by atoms with Crippen molar-refractivity contribution in [2.45, 2.75) is 33.6 Å². The van der Waals surface area contributed by atoms with E-state index in [0.717, 1.165) is 31.7 Å². The highest BCUT2D eigenvalue weighted by Gasteiger charge is 2.10. The summed E-state index contributed by atoms with van der Waals surface area (Å²) >= 11 is 6.15. The van der Waals surface area contributed by atoms with Crippen LogP contribution in [-0.2, 0) is 0 Å². The van der Waals surface area contributed by atoms with E-state index >= 15 is 0 Å². The lowest BCUT2D eigenvalue weighted by atomic mass is 10.1. The highest BCUT2D eigenvalue weighted by molar-refractivity contribution is 6.32. The number of rotatable bonds is 7. The van der Waals surface area contributed by atoms with Crippen molar-refractivity contribution in [1.29, 1.82) is 0 Å². The highest BCUT2D eigenvalue weighted by atomic mass is 35.5. The van der Waals surface area contributed by atoms with Crippen LogP contribution in [0.15, 0.2) is 6.20 Å². The van der Waals surface area contributed by atoms with Gasteiger partial charge in [0.2, 0.25) is 5.95 Å². The number of hydrogen-bond donors (Lipinski definition) is 1. The molecular formula is C13H23ClN4. The van der Waals surface area contributed by atoms with Crippen molar-refractivity contribution in [2.24, 2.45) is 5.92 Å². The van der Waals surface area contributed by atoms with E-state index in [1.54, 1.807) is 6.20 Å². The summed E-state index contributed by atoms with van der Waals surface area (Å²) in [6, 6.07) is 0. The second-order valence-corrected chi connectivity index (χ2v) is 5.30. The maximum atomic E-state index is 6.15. The van der Waals surface area contributed by atoms with Gasteiger partial charge in [0, 0.05) is 20.1 Å². The molecular weight excluding hydrogens is 248 g/mol. The van der Waals surface area contributed by atoms with Gasteiger partial charge in [0.1, 0.15) is 5.02 Å². The molecule has 0 aliphatic carbocycles. The van der Waals surface area contributed by atoms with E-state index in [1.165, 1.54) is 0 Å². The molecule has 0 spiro atoms. The van der Waals surface area contributed by atoms with Gasteiger partial charge in [-0.25, -0.2) is 4.98 Å². The number of anilines is 2. The molecule has 1 aromatic rings. The van der Waals surface area contributed by atoms with E-state index in [-0.39, 0.29) is 0 Å². The van der Waals surface area contributed by atoms with Crippen molar-refractivity contribution in [3.05, 3.63) is 11.2 Å². The predicted octanol–water partition coefficient (Wildman–Crippen LogP) is 3.43. The summed E-state index contributed by atoms with van der Waals surface area (Å²) in [7, 11) is 2.01. The minimum absolute atomic E-state index is 0.600. The lowest BCUT2D eigenvalue weighted by Gasteiger charge is -2.20. The fourth-order valence-electron chi connectivity index (χ4n) is 1.51. The molecule has 0 aliphatic rings. The summed E-state index contributed by atoms with van der Waals surface area (Å²) in [6.45, 7) is 8.35. The molecule has 1 aromatic heterocycles. The van der Waals surface area contributed by atoms with Crippen LogP contribution in [0.25, 0.3) is 0 Å². The van der Waals surface area contributed by atoms with Crippen molar-refractivity contribution in [1.82, 2.24) is 9.97 Å². The van der Waals surface area contributed by atoms with Crippen LogP contribution in [0.2, 0.25) is 5.02 Å². The Labute approximate surface area is 115 Å². The summed E-state index contributed by atoms with van der Waals surface area (Å²) in [5.74, 6) is 2.12. The number of aromatic nitrogens is 2. The Balaban J connectivity index is 2.72. The zero-order valence-electron chi connectivity index (χ0n) is 11.7. The standard InChI is InChI=1S/C13H23ClN4/c1-5-7-15-13-16-9-11(14)12(17-13)18(4)8-6-10(2)3/h9-10H,5-8H2,1-4H3,(H,15,16,17). The van der Waals surface area contributed by atoms with Crippen LogP contribution >= 0.6 is 11.6 Å². The van der Waals surface area contributed by atoms with Crippen LogP contribution in [0.4, 0.5) is 11.8 Å². The fraction of sp³-hybridized carbons (Fsp3) is 0.692. The molecule has 0 aromatic carbocycles. The summed E-state index contributed by atoms with van der Waals surface area (Å²) in [4.78, 5) is 10.7. The molecule has 0 saturated heterocycles. The minimum atomic E-state index is 0.600. The number of nitrogens with one attached hydrogen (secondary N) is 1. The molecule has 4 nitrogen and oxygen atoms in total. The van der Waals surface area contributed by atoms with Gasteiger partial charge in [0.05, 0.1) is 6.20 Å². The first-order valence-corrected chi connectivity index (χ1v) is 6.90. The van der Waals surface area contributed by atoms with Crippen molar-refractivity contribution in [3.8, 4) is 0 Å². The summed E-state index contributed by atoms with van der Waals surface area (Å²) in [5.41, 5.74) is 0. The van der Waals surface area contributed by atoms with E-state index in [4.69, 9.17) is 11.6 Å². The minimum Gasteiger partial charge on any atom is -0.358 e. The lowest BCUT2D eigenvalue weighted by molar-refractivity contribution is 0.583. The van der Waals surface area contributed by atoms with Crippen molar-refractivity contribution < 1.29 is 0 Å². The van der Waals surface area contributed by atoms with Crippen molar-refractivity contribution >= 4 is 23.4 Å². The Morgan fingerprint density at radius 1 is 1.44 bits per heavy atom. The largest absolute Gasteiger partial charge is 0.358 e. The average Bonchev–Trinajstić information content (AvgIpc) is 2.35. The van der Waals surface area contributed by atoms with Gasteiger partial charge in [0.25, 0.3) is 0 Å². The topological polar surface area (TPSA) is 41.1 Å². The van der Waals surface area contributed by atoms with Gasteiger partial charge in [-0.2, -0.15) is 4.98 Å². The molecule has 1 rings (SSSR count). The summed E-state index contributed by atoms with van der Waals surface area (Å²) in [6.07, 6.45) is 3.83. The van der Waals surface area contributed by atoms with E-state index in [2.05, 4.69) is 41.0 Å². The third-order valence-electron chi connectivity index (χ3n) is 2.66. The van der Waals surface area contributed by atoms with Gasteiger partial charge in [-0.1, -0.05) is 32.4 Å². The van der Waals surface area contributed by atoms with Crippen LogP contribution in [0.3, 0.4) is 0 Å². The van der Waals surface area contributed by atoms with Crippen LogP contribution < -0.4 is 10.2 Å². The molecule has 5 heteroatoms. The van der Waals surface area contributed by atoms with E-state index in [0.29, 0.717) is 16.9 Å². The molecule has 18 heavy (non-hydrogen) atoms. The first-order chi connectivity index (χ1) is 8.54. The molecule has 0 saturated carbocycles. The van der Waals surface area contributed by atoms with Crippen LogP contribution in [0, 0.1) is 5.92 Å². The smallest absolute Gasteiger partial charge is 0.224 e. The van der Waals surface area contributed by atoms with Gasteiger partial charge < -0.3 is 10.2 Å². The molecule has 0 bridgehead atoms. The Kier molecular flexibility index (Phi) is 6.19. The van der Waals surface area contributed by atoms with Crippen molar-refractivity contribution in [2.75, 3.05) is 30.4 Å². The van der Waals surface area contributed by atoms with Crippen LogP contribution in [0.1, 0.15) is 33.6 Å². The highest BCUT2D eigenvalue weighted by Crippen LogP contribution is 2.23. The average molecular weight is 271 g/mol. The zero-order valence-corrected chi connectivity index (χ0v) is 12.5. The second-order valence-electron chi connectivity index (χ2n) is 4.90. The van der Waals surface area contributed by atoms with E-state index in [1.807, 2.05) is 7.05 Å². The van der Waals surface area contributed by atoms with E-state index < -0.39 is 0 Å². The third kappa shape index (κ3) is 4.69. The number of nitrogens with zero attached hydrogens (tertiary/aromatic N) is 3. The number of hydrogen-bond acceptors (Lipinski definition) is 4. The molecule has 0 radical (unpaired) electrons. The first kappa shape index (κ1) is 15.0. The molecule has 0 atom stereocenters. The van der Waals surface area contributed by atoms with E-state index in [9.17, 15) is 0 Å². The Morgan fingerprint density at radius 3 is 2.78 bits per heavy atom. The Morgan fingerprint density at radius 2 is 2.17 bits per heavy atom. The molecule has 0 unspecified atom stereocenters. The predicted molar refractivity (Wildman–Crippen MR) is 78.5 cm³/mol. The molecule has 1 N–H and O–H groups in total. The van der Waals surface area contributed by atoms with Gasteiger partial charge in [-0.3, -0.25) is 0 Å². The molecule has 0 amide bonds. The summed E-state index contributed by atoms with van der Waals surface area (Å²) < 4.78 is 0. The summed E-state index contributed by atoms with van der Waals surface area (Å²) in [5, 5.41) is 3.77. The van der Waals surface area contributed by atoms with Gasteiger partial charge in [0.15, 0.2) is 5.82 Å². The Bertz CT molecular complexity index is 368. The molecule has 0 fully saturated rings. The second kappa shape index (κ2) is 7.41. The lowest BCUT2D eigenvalue weighted by Crippen LogP contribution is -2.22. The monoisotopic (exact) mass is 270 g/mol. The van der Waals surface area contributed by atoms with Crippen molar-refractivity contribution in [3.63, 3.8) is 0 Å². The number of halogens is 1. The SMILES string of the molecule is CCCNc1ncc(Cl)c(N(C)CCC(C)C)n1.